The monoisotopic (exact) mass is 270 g/mol. The SMILES string of the molecule is CC1=CCN(S(=O)(=O)c2ccc(F)c(N)c2)CC1. The van der Waals surface area contributed by atoms with E-state index in [4.69, 9.17) is 5.73 Å². The minimum Gasteiger partial charge on any atom is -0.396 e. The first-order valence-electron chi connectivity index (χ1n) is 5.62. The molecular weight excluding hydrogens is 255 g/mol. The van der Waals surface area contributed by atoms with Crippen LogP contribution in [0.1, 0.15) is 13.3 Å². The molecule has 1 aliphatic rings. The molecule has 0 saturated carbocycles. The number of sulfonamides is 1. The van der Waals surface area contributed by atoms with Crippen LogP contribution < -0.4 is 5.73 Å². The fourth-order valence-electron chi connectivity index (χ4n) is 1.80. The summed E-state index contributed by atoms with van der Waals surface area (Å²) in [7, 11) is -3.58. The first kappa shape index (κ1) is 13.0. The molecule has 0 unspecified atom stereocenters. The van der Waals surface area contributed by atoms with Crippen LogP contribution in [0, 0.1) is 5.82 Å². The first-order valence-corrected chi connectivity index (χ1v) is 7.06. The van der Waals surface area contributed by atoms with E-state index in [-0.39, 0.29) is 10.6 Å². The van der Waals surface area contributed by atoms with Crippen molar-refractivity contribution in [1.29, 1.82) is 0 Å². The van der Waals surface area contributed by atoms with Crippen LogP contribution in [-0.4, -0.2) is 25.8 Å². The highest BCUT2D eigenvalue weighted by molar-refractivity contribution is 7.89. The van der Waals surface area contributed by atoms with Crippen molar-refractivity contribution in [2.75, 3.05) is 18.8 Å². The van der Waals surface area contributed by atoms with Gasteiger partial charge in [-0.2, -0.15) is 4.31 Å². The van der Waals surface area contributed by atoms with E-state index in [0.29, 0.717) is 13.1 Å². The van der Waals surface area contributed by atoms with E-state index >= 15 is 0 Å². The summed E-state index contributed by atoms with van der Waals surface area (Å²) >= 11 is 0. The van der Waals surface area contributed by atoms with Gasteiger partial charge in [-0.1, -0.05) is 11.6 Å². The largest absolute Gasteiger partial charge is 0.396 e. The Bertz CT molecular complexity index is 596. The van der Waals surface area contributed by atoms with Gasteiger partial charge in [-0.05, 0) is 31.5 Å². The minimum atomic E-state index is -3.58. The topological polar surface area (TPSA) is 63.4 Å². The van der Waals surface area contributed by atoms with Crippen molar-refractivity contribution in [1.82, 2.24) is 4.31 Å². The van der Waals surface area contributed by atoms with Crippen LogP contribution in [0.15, 0.2) is 34.7 Å². The summed E-state index contributed by atoms with van der Waals surface area (Å²) in [5.41, 5.74) is 6.43. The molecule has 4 nitrogen and oxygen atoms in total. The highest BCUT2D eigenvalue weighted by Gasteiger charge is 2.25. The van der Waals surface area contributed by atoms with Gasteiger partial charge in [0.2, 0.25) is 10.0 Å². The number of halogens is 1. The molecule has 6 heteroatoms. The zero-order valence-electron chi connectivity index (χ0n) is 10.1. The smallest absolute Gasteiger partial charge is 0.243 e. The number of benzene rings is 1. The van der Waals surface area contributed by atoms with Crippen molar-refractivity contribution in [3.05, 3.63) is 35.7 Å². The highest BCUT2D eigenvalue weighted by atomic mass is 32.2. The second-order valence-corrected chi connectivity index (χ2v) is 6.28. The highest BCUT2D eigenvalue weighted by Crippen LogP contribution is 2.23. The summed E-state index contributed by atoms with van der Waals surface area (Å²) in [6, 6.07) is 3.48. The van der Waals surface area contributed by atoms with Gasteiger partial charge in [0.05, 0.1) is 10.6 Å². The zero-order valence-corrected chi connectivity index (χ0v) is 10.9. The predicted octanol–water partition coefficient (Wildman–Crippen LogP) is 1.75. The van der Waals surface area contributed by atoms with Crippen LogP contribution in [0.3, 0.4) is 0 Å². The van der Waals surface area contributed by atoms with Crippen LogP contribution >= 0.6 is 0 Å². The lowest BCUT2D eigenvalue weighted by Gasteiger charge is -2.24. The second-order valence-electron chi connectivity index (χ2n) is 4.35. The Morgan fingerprint density at radius 1 is 1.39 bits per heavy atom. The average molecular weight is 270 g/mol. The molecule has 0 radical (unpaired) electrons. The summed E-state index contributed by atoms with van der Waals surface area (Å²) in [5, 5.41) is 0. The molecular formula is C12H15FN2O2S. The van der Waals surface area contributed by atoms with Gasteiger partial charge in [-0.15, -0.1) is 0 Å². The molecule has 2 rings (SSSR count). The van der Waals surface area contributed by atoms with Gasteiger partial charge in [0.25, 0.3) is 0 Å². The van der Waals surface area contributed by atoms with Gasteiger partial charge in [-0.25, -0.2) is 12.8 Å². The fraction of sp³-hybridized carbons (Fsp3) is 0.333. The third-order valence-electron chi connectivity index (χ3n) is 3.00. The van der Waals surface area contributed by atoms with Gasteiger partial charge in [0.1, 0.15) is 5.82 Å². The fourth-order valence-corrected chi connectivity index (χ4v) is 3.22. The van der Waals surface area contributed by atoms with Crippen LogP contribution in [0.2, 0.25) is 0 Å². The van der Waals surface area contributed by atoms with Crippen molar-refractivity contribution >= 4 is 15.7 Å². The normalized spacial score (nSPS) is 17.6. The predicted molar refractivity (Wildman–Crippen MR) is 67.9 cm³/mol. The number of hydrogen-bond donors (Lipinski definition) is 1. The Balaban J connectivity index is 2.34. The Hall–Kier alpha value is -1.40. The molecule has 18 heavy (non-hydrogen) atoms. The minimum absolute atomic E-state index is 0.0364. The molecule has 0 aliphatic carbocycles. The van der Waals surface area contributed by atoms with E-state index in [1.165, 1.54) is 15.9 Å². The molecule has 0 aromatic heterocycles. The molecule has 1 aromatic rings. The van der Waals surface area contributed by atoms with Crippen molar-refractivity contribution < 1.29 is 12.8 Å². The molecule has 0 saturated heterocycles. The van der Waals surface area contributed by atoms with E-state index in [2.05, 4.69) is 0 Å². The molecule has 0 amide bonds. The first-order chi connectivity index (χ1) is 8.41. The van der Waals surface area contributed by atoms with Crippen molar-refractivity contribution in [2.45, 2.75) is 18.2 Å². The Kier molecular flexibility index (Phi) is 3.41. The summed E-state index contributed by atoms with van der Waals surface area (Å²) in [6.45, 7) is 2.77. The molecule has 0 spiro atoms. The summed E-state index contributed by atoms with van der Waals surface area (Å²) in [4.78, 5) is 0.0364. The van der Waals surface area contributed by atoms with Gasteiger partial charge in [0.15, 0.2) is 0 Å². The molecule has 1 heterocycles. The molecule has 1 aromatic carbocycles. The maximum atomic E-state index is 13.0. The Labute approximate surface area is 106 Å². The van der Waals surface area contributed by atoms with E-state index < -0.39 is 15.8 Å². The quantitative estimate of drug-likeness (QED) is 0.658. The lowest BCUT2D eigenvalue weighted by molar-refractivity contribution is 0.431. The van der Waals surface area contributed by atoms with E-state index in [9.17, 15) is 12.8 Å². The van der Waals surface area contributed by atoms with Crippen LogP contribution in [0.5, 0.6) is 0 Å². The summed E-state index contributed by atoms with van der Waals surface area (Å²) in [5.74, 6) is -0.608. The summed E-state index contributed by atoms with van der Waals surface area (Å²) in [6.07, 6.45) is 2.60. The maximum absolute atomic E-state index is 13.0. The maximum Gasteiger partial charge on any atom is 0.243 e. The number of nitrogen functional groups attached to an aromatic ring is 1. The molecule has 2 N–H and O–H groups in total. The van der Waals surface area contributed by atoms with Crippen LogP contribution in [0.4, 0.5) is 10.1 Å². The number of nitrogens with two attached hydrogens (primary N) is 1. The summed E-state index contributed by atoms with van der Waals surface area (Å²) < 4.78 is 39.0. The van der Waals surface area contributed by atoms with E-state index in [0.717, 1.165) is 18.6 Å². The van der Waals surface area contributed by atoms with Crippen molar-refractivity contribution in [2.24, 2.45) is 0 Å². The third kappa shape index (κ3) is 2.39. The van der Waals surface area contributed by atoms with E-state index in [1.807, 2.05) is 13.0 Å². The van der Waals surface area contributed by atoms with Crippen molar-refractivity contribution in [3.8, 4) is 0 Å². The number of anilines is 1. The molecule has 0 atom stereocenters. The van der Waals surface area contributed by atoms with Crippen LogP contribution in [0.25, 0.3) is 0 Å². The molecule has 0 fully saturated rings. The Morgan fingerprint density at radius 2 is 2.11 bits per heavy atom. The van der Waals surface area contributed by atoms with Gasteiger partial charge in [0, 0.05) is 13.1 Å². The molecule has 0 bridgehead atoms. The van der Waals surface area contributed by atoms with Crippen LogP contribution in [-0.2, 0) is 10.0 Å². The third-order valence-corrected chi connectivity index (χ3v) is 4.87. The number of hydrogen-bond acceptors (Lipinski definition) is 3. The van der Waals surface area contributed by atoms with Gasteiger partial charge < -0.3 is 5.73 Å². The number of nitrogens with zero attached hydrogens (tertiary/aromatic N) is 1. The Morgan fingerprint density at radius 3 is 2.67 bits per heavy atom. The zero-order chi connectivity index (χ0) is 13.3. The van der Waals surface area contributed by atoms with Gasteiger partial charge in [-0.3, -0.25) is 0 Å². The molecule has 1 aliphatic heterocycles. The lowest BCUT2D eigenvalue weighted by Crippen LogP contribution is -2.34. The lowest BCUT2D eigenvalue weighted by atomic mass is 10.1. The standard InChI is InChI=1S/C12H15FN2O2S/c1-9-4-6-15(7-5-9)18(16,17)10-2-3-11(13)12(14)8-10/h2-4,8H,5-7,14H2,1H3. The van der Waals surface area contributed by atoms with Gasteiger partial charge >= 0.3 is 0 Å². The molecule has 98 valence electrons. The number of rotatable bonds is 2. The van der Waals surface area contributed by atoms with E-state index in [1.54, 1.807) is 0 Å². The average Bonchev–Trinajstić information content (AvgIpc) is 2.33. The van der Waals surface area contributed by atoms with Crippen molar-refractivity contribution in [3.63, 3.8) is 0 Å². The second kappa shape index (κ2) is 4.70.